The van der Waals surface area contributed by atoms with Crippen LogP contribution in [0.5, 0.6) is 0 Å². The number of rotatable bonds is 4. The van der Waals surface area contributed by atoms with Gasteiger partial charge in [0.15, 0.2) is 0 Å². The van der Waals surface area contributed by atoms with E-state index in [4.69, 9.17) is 0 Å². The van der Waals surface area contributed by atoms with Crippen molar-refractivity contribution in [3.8, 4) is 16.9 Å². The SMILES string of the molecule is Cn1cc(NC(=O)c2cn(-c3ccccc3)nc2-c2cccnc2)cn1. The lowest BCUT2D eigenvalue weighted by Crippen LogP contribution is -2.11. The minimum absolute atomic E-state index is 0.251. The molecule has 128 valence electrons. The van der Waals surface area contributed by atoms with Gasteiger partial charge in [0.2, 0.25) is 0 Å². The Bertz CT molecular complexity index is 1040. The van der Waals surface area contributed by atoms with Crippen LogP contribution in [0.3, 0.4) is 0 Å². The van der Waals surface area contributed by atoms with E-state index in [2.05, 4.69) is 20.5 Å². The molecular weight excluding hydrogens is 328 g/mol. The predicted octanol–water partition coefficient (Wildman–Crippen LogP) is 2.92. The maximum atomic E-state index is 12.8. The molecule has 7 heteroatoms. The summed E-state index contributed by atoms with van der Waals surface area (Å²) >= 11 is 0. The molecular formula is C19H16N6O. The van der Waals surface area contributed by atoms with E-state index in [9.17, 15) is 4.79 Å². The van der Waals surface area contributed by atoms with Crippen LogP contribution in [0.2, 0.25) is 0 Å². The first kappa shape index (κ1) is 15.8. The first-order chi connectivity index (χ1) is 12.7. The van der Waals surface area contributed by atoms with Gasteiger partial charge in [0.05, 0.1) is 23.1 Å². The number of aryl methyl sites for hydroxylation is 1. The van der Waals surface area contributed by atoms with Gasteiger partial charge in [-0.2, -0.15) is 10.2 Å². The molecule has 0 fully saturated rings. The van der Waals surface area contributed by atoms with Crippen molar-refractivity contribution in [1.82, 2.24) is 24.5 Å². The lowest BCUT2D eigenvalue weighted by atomic mass is 10.1. The Morgan fingerprint density at radius 3 is 2.58 bits per heavy atom. The number of anilines is 1. The molecule has 1 amide bonds. The van der Waals surface area contributed by atoms with E-state index in [1.165, 1.54) is 0 Å². The molecule has 4 aromatic rings. The van der Waals surface area contributed by atoms with Gasteiger partial charge in [-0.3, -0.25) is 14.5 Å². The summed E-state index contributed by atoms with van der Waals surface area (Å²) in [5.41, 5.74) is 3.31. The van der Waals surface area contributed by atoms with Gasteiger partial charge in [0, 0.05) is 37.4 Å². The van der Waals surface area contributed by atoms with E-state index in [-0.39, 0.29) is 5.91 Å². The molecule has 7 nitrogen and oxygen atoms in total. The Hall–Kier alpha value is -3.74. The number of pyridine rings is 1. The van der Waals surface area contributed by atoms with E-state index in [1.54, 1.807) is 47.4 Å². The molecule has 0 aliphatic rings. The van der Waals surface area contributed by atoms with Gasteiger partial charge >= 0.3 is 0 Å². The van der Waals surface area contributed by atoms with E-state index >= 15 is 0 Å². The molecule has 3 aromatic heterocycles. The number of nitrogens with one attached hydrogen (secondary N) is 1. The molecule has 3 heterocycles. The Kier molecular flexibility index (Phi) is 4.03. The van der Waals surface area contributed by atoms with Gasteiger partial charge in [-0.15, -0.1) is 0 Å². The van der Waals surface area contributed by atoms with Crippen LogP contribution in [0.1, 0.15) is 10.4 Å². The molecule has 0 bridgehead atoms. The number of carbonyl (C=O) groups is 1. The summed E-state index contributed by atoms with van der Waals surface area (Å²) in [5, 5.41) is 11.5. The molecule has 0 aliphatic carbocycles. The predicted molar refractivity (Wildman–Crippen MR) is 98.0 cm³/mol. The van der Waals surface area contributed by atoms with E-state index in [1.807, 2.05) is 42.5 Å². The largest absolute Gasteiger partial charge is 0.319 e. The zero-order valence-electron chi connectivity index (χ0n) is 14.1. The average Bonchev–Trinajstić information content (AvgIpc) is 3.30. The highest BCUT2D eigenvalue weighted by Gasteiger charge is 2.19. The highest BCUT2D eigenvalue weighted by molar-refractivity contribution is 6.08. The highest BCUT2D eigenvalue weighted by atomic mass is 16.1. The van der Waals surface area contributed by atoms with Crippen LogP contribution >= 0.6 is 0 Å². The standard InChI is InChI=1S/C19H16N6O/c1-24-12-15(11-21-24)22-19(26)17-13-25(16-7-3-2-4-8-16)23-18(17)14-6-5-9-20-10-14/h2-13H,1H3,(H,22,26). The summed E-state index contributed by atoms with van der Waals surface area (Å²) in [6.45, 7) is 0. The second-order valence-electron chi connectivity index (χ2n) is 5.77. The van der Waals surface area contributed by atoms with Gasteiger partial charge in [-0.25, -0.2) is 4.68 Å². The Balaban J connectivity index is 1.76. The Morgan fingerprint density at radius 1 is 1.04 bits per heavy atom. The van der Waals surface area contributed by atoms with Crippen LogP contribution in [-0.4, -0.2) is 30.5 Å². The fraction of sp³-hybridized carbons (Fsp3) is 0.0526. The Morgan fingerprint density at radius 2 is 1.88 bits per heavy atom. The van der Waals surface area contributed by atoms with Gasteiger partial charge in [-0.1, -0.05) is 18.2 Å². The lowest BCUT2D eigenvalue weighted by molar-refractivity contribution is 0.102. The van der Waals surface area contributed by atoms with Crippen molar-refractivity contribution < 1.29 is 4.79 Å². The van der Waals surface area contributed by atoms with Crippen molar-refractivity contribution >= 4 is 11.6 Å². The van der Waals surface area contributed by atoms with Crippen molar-refractivity contribution in [3.05, 3.63) is 79.0 Å². The average molecular weight is 344 g/mol. The molecule has 0 atom stereocenters. The van der Waals surface area contributed by atoms with Crippen molar-refractivity contribution in [2.24, 2.45) is 7.05 Å². The third-order valence-corrected chi connectivity index (χ3v) is 3.88. The second-order valence-corrected chi connectivity index (χ2v) is 5.77. The summed E-state index contributed by atoms with van der Waals surface area (Å²) in [4.78, 5) is 17.0. The van der Waals surface area contributed by atoms with Gasteiger partial charge < -0.3 is 5.32 Å². The number of nitrogens with zero attached hydrogens (tertiary/aromatic N) is 5. The van der Waals surface area contributed by atoms with Crippen LogP contribution in [-0.2, 0) is 7.05 Å². The fourth-order valence-electron chi connectivity index (χ4n) is 2.65. The number of hydrogen-bond acceptors (Lipinski definition) is 4. The zero-order valence-corrected chi connectivity index (χ0v) is 14.1. The third-order valence-electron chi connectivity index (χ3n) is 3.88. The van der Waals surface area contributed by atoms with Crippen molar-refractivity contribution in [3.63, 3.8) is 0 Å². The molecule has 1 N–H and O–H groups in total. The smallest absolute Gasteiger partial charge is 0.259 e. The normalized spacial score (nSPS) is 10.7. The number of carbonyl (C=O) groups excluding carboxylic acids is 1. The highest BCUT2D eigenvalue weighted by Crippen LogP contribution is 2.24. The van der Waals surface area contributed by atoms with Crippen LogP contribution in [0.25, 0.3) is 16.9 Å². The van der Waals surface area contributed by atoms with Crippen LogP contribution in [0.15, 0.2) is 73.4 Å². The lowest BCUT2D eigenvalue weighted by Gasteiger charge is -2.02. The topological polar surface area (TPSA) is 77.6 Å². The van der Waals surface area contributed by atoms with Crippen molar-refractivity contribution in [2.45, 2.75) is 0 Å². The monoisotopic (exact) mass is 344 g/mol. The number of benzene rings is 1. The molecule has 4 rings (SSSR count). The molecule has 0 unspecified atom stereocenters. The first-order valence-electron chi connectivity index (χ1n) is 8.06. The fourth-order valence-corrected chi connectivity index (χ4v) is 2.65. The maximum Gasteiger partial charge on any atom is 0.259 e. The molecule has 0 saturated carbocycles. The number of para-hydroxylation sites is 1. The second kappa shape index (κ2) is 6.64. The van der Waals surface area contributed by atoms with E-state index in [0.717, 1.165) is 11.3 Å². The van der Waals surface area contributed by atoms with Crippen molar-refractivity contribution in [1.29, 1.82) is 0 Å². The molecule has 0 radical (unpaired) electrons. The van der Waals surface area contributed by atoms with E-state index < -0.39 is 0 Å². The van der Waals surface area contributed by atoms with Crippen LogP contribution in [0, 0.1) is 0 Å². The van der Waals surface area contributed by atoms with Gasteiger partial charge in [0.1, 0.15) is 5.69 Å². The van der Waals surface area contributed by atoms with Crippen molar-refractivity contribution in [2.75, 3.05) is 5.32 Å². The van der Waals surface area contributed by atoms with Gasteiger partial charge in [0.25, 0.3) is 5.91 Å². The summed E-state index contributed by atoms with van der Waals surface area (Å²) in [6, 6.07) is 13.4. The Labute approximate surface area is 149 Å². The minimum atomic E-state index is -0.251. The number of hydrogen-bond donors (Lipinski definition) is 1. The third kappa shape index (κ3) is 3.10. The molecule has 1 aromatic carbocycles. The molecule has 26 heavy (non-hydrogen) atoms. The molecule has 0 aliphatic heterocycles. The quantitative estimate of drug-likeness (QED) is 0.617. The van der Waals surface area contributed by atoms with Gasteiger partial charge in [-0.05, 0) is 24.3 Å². The summed E-state index contributed by atoms with van der Waals surface area (Å²) in [5.74, 6) is -0.251. The number of amides is 1. The minimum Gasteiger partial charge on any atom is -0.319 e. The molecule has 0 saturated heterocycles. The van der Waals surface area contributed by atoms with E-state index in [0.29, 0.717) is 16.9 Å². The summed E-state index contributed by atoms with van der Waals surface area (Å²) in [7, 11) is 1.80. The maximum absolute atomic E-state index is 12.8. The first-order valence-corrected chi connectivity index (χ1v) is 8.06. The van der Waals surface area contributed by atoms with Crippen LogP contribution < -0.4 is 5.32 Å². The molecule has 0 spiro atoms. The van der Waals surface area contributed by atoms with Crippen LogP contribution in [0.4, 0.5) is 5.69 Å². The zero-order chi connectivity index (χ0) is 17.9. The summed E-state index contributed by atoms with van der Waals surface area (Å²) in [6.07, 6.45) is 8.45. The summed E-state index contributed by atoms with van der Waals surface area (Å²) < 4.78 is 3.32. The number of aromatic nitrogens is 5.